The molecule has 0 N–H and O–H groups in total. The smallest absolute Gasteiger partial charge is 0.268 e. The van der Waals surface area contributed by atoms with E-state index in [1.807, 2.05) is 6.07 Å². The summed E-state index contributed by atoms with van der Waals surface area (Å²) in [5, 5.41) is 0. The van der Waals surface area contributed by atoms with Gasteiger partial charge in [0.25, 0.3) is 15.9 Å². The van der Waals surface area contributed by atoms with Crippen LogP contribution in [0.15, 0.2) is 40.6 Å². The molecule has 0 fully saturated rings. The van der Waals surface area contributed by atoms with Crippen LogP contribution in [0.5, 0.6) is 0 Å². The van der Waals surface area contributed by atoms with Gasteiger partial charge in [-0.1, -0.05) is 41.9 Å². The molecule has 98 valence electrons. The second kappa shape index (κ2) is 4.33. The average Bonchev–Trinajstić information content (AvgIpc) is 2.85. The third-order valence-corrected chi connectivity index (χ3v) is 6.32. The number of fused-ring (bicyclic) bond motifs is 1. The number of hydrogen-bond donors (Lipinski definition) is 0. The van der Waals surface area contributed by atoms with Crippen molar-refractivity contribution in [3.8, 4) is 0 Å². The van der Waals surface area contributed by atoms with Crippen molar-refractivity contribution in [1.29, 1.82) is 0 Å². The van der Waals surface area contributed by atoms with Crippen molar-refractivity contribution in [3.63, 3.8) is 0 Å². The van der Waals surface area contributed by atoms with Crippen molar-refractivity contribution >= 4 is 38.9 Å². The number of carbonyl (C=O) groups excluding carboxylic acids is 1. The Morgan fingerprint density at radius 3 is 2.53 bits per heavy atom. The Labute approximate surface area is 119 Å². The predicted octanol–water partition coefficient (Wildman–Crippen LogP) is 2.75. The Morgan fingerprint density at radius 2 is 1.89 bits per heavy atom. The number of benzene rings is 1. The molecular formula is C12H8ClNO3S2. The number of sulfonamides is 1. The van der Waals surface area contributed by atoms with Gasteiger partial charge >= 0.3 is 0 Å². The van der Waals surface area contributed by atoms with Crippen LogP contribution in [0.1, 0.15) is 15.9 Å². The fraction of sp³-hybridized carbons (Fsp3) is 0.0833. The molecule has 0 radical (unpaired) electrons. The number of amides is 1. The summed E-state index contributed by atoms with van der Waals surface area (Å²) < 4.78 is 25.8. The largest absolute Gasteiger partial charge is 0.277 e. The maximum absolute atomic E-state index is 12.3. The van der Waals surface area contributed by atoms with Crippen LogP contribution in [0.2, 0.25) is 4.34 Å². The van der Waals surface area contributed by atoms with E-state index in [1.165, 1.54) is 6.07 Å². The first-order chi connectivity index (χ1) is 9.00. The van der Waals surface area contributed by atoms with Gasteiger partial charge in [0.2, 0.25) is 0 Å². The monoisotopic (exact) mass is 313 g/mol. The zero-order chi connectivity index (χ0) is 13.6. The second-order valence-corrected chi connectivity index (χ2v) is 7.80. The van der Waals surface area contributed by atoms with Crippen molar-refractivity contribution in [2.24, 2.45) is 0 Å². The molecule has 0 aliphatic carbocycles. The molecule has 1 aliphatic heterocycles. The second-order valence-electron chi connectivity index (χ2n) is 4.05. The van der Waals surface area contributed by atoms with E-state index in [4.69, 9.17) is 11.6 Å². The number of nitrogens with zero attached hydrogens (tertiary/aromatic N) is 1. The van der Waals surface area contributed by atoms with Crippen LogP contribution in [-0.4, -0.2) is 18.6 Å². The molecule has 0 saturated carbocycles. The number of carbonyl (C=O) groups is 1. The Hall–Kier alpha value is -1.37. The Balaban J connectivity index is 2.02. The van der Waals surface area contributed by atoms with Crippen LogP contribution in [0.3, 0.4) is 0 Å². The summed E-state index contributed by atoms with van der Waals surface area (Å²) in [5.74, 6) is -0.512. The molecule has 19 heavy (non-hydrogen) atoms. The van der Waals surface area contributed by atoms with E-state index in [0.29, 0.717) is 4.34 Å². The average molecular weight is 314 g/mol. The van der Waals surface area contributed by atoms with Crippen LogP contribution in [0.25, 0.3) is 0 Å². The van der Waals surface area contributed by atoms with Gasteiger partial charge in [-0.15, -0.1) is 11.3 Å². The summed E-state index contributed by atoms with van der Waals surface area (Å²) in [7, 11) is -3.76. The number of halogens is 1. The highest BCUT2D eigenvalue weighted by molar-refractivity contribution is 7.92. The fourth-order valence-electron chi connectivity index (χ4n) is 1.94. The molecule has 3 rings (SSSR count). The zero-order valence-corrected chi connectivity index (χ0v) is 11.9. The van der Waals surface area contributed by atoms with Crippen LogP contribution >= 0.6 is 22.9 Å². The van der Waals surface area contributed by atoms with Gasteiger partial charge in [-0.05, 0) is 11.6 Å². The van der Waals surface area contributed by atoms with Gasteiger partial charge in [-0.2, -0.15) is 0 Å². The zero-order valence-electron chi connectivity index (χ0n) is 9.54. The van der Waals surface area contributed by atoms with Crippen LogP contribution in [0, 0.1) is 0 Å². The lowest BCUT2D eigenvalue weighted by atomic mass is 10.2. The van der Waals surface area contributed by atoms with Crippen molar-refractivity contribution in [3.05, 3.63) is 51.9 Å². The highest BCUT2D eigenvalue weighted by Gasteiger charge is 2.43. The summed E-state index contributed by atoms with van der Waals surface area (Å²) in [6, 6.07) is 10.4. The summed E-state index contributed by atoms with van der Waals surface area (Å²) in [5.41, 5.74) is 0.937. The lowest BCUT2D eigenvalue weighted by Gasteiger charge is -2.15. The molecule has 2 aromatic rings. The van der Waals surface area contributed by atoms with Gasteiger partial charge in [-0.25, -0.2) is 12.7 Å². The molecule has 1 aliphatic rings. The Morgan fingerprint density at radius 1 is 1.21 bits per heavy atom. The topological polar surface area (TPSA) is 54.5 Å². The Bertz CT molecular complexity index is 753. The van der Waals surface area contributed by atoms with Gasteiger partial charge in [0, 0.05) is 0 Å². The lowest BCUT2D eigenvalue weighted by Crippen LogP contribution is -2.29. The van der Waals surface area contributed by atoms with Gasteiger partial charge in [0.1, 0.15) is 0 Å². The molecule has 1 aromatic carbocycles. The first-order valence-corrected chi connectivity index (χ1v) is 8.04. The summed E-state index contributed by atoms with van der Waals surface area (Å²) in [4.78, 5) is 12.1. The molecular weight excluding hydrogens is 306 g/mol. The maximum atomic E-state index is 12.3. The SMILES string of the molecule is O=C1c2cc(Cl)sc2S(=O)(=O)N1Cc1ccccc1. The van der Waals surface area contributed by atoms with E-state index in [9.17, 15) is 13.2 Å². The number of rotatable bonds is 2. The van der Waals surface area contributed by atoms with E-state index in [1.54, 1.807) is 24.3 Å². The van der Waals surface area contributed by atoms with Crippen LogP contribution in [-0.2, 0) is 16.6 Å². The fourth-order valence-corrected chi connectivity index (χ4v) is 5.24. The van der Waals surface area contributed by atoms with E-state index >= 15 is 0 Å². The molecule has 2 heterocycles. The minimum Gasteiger partial charge on any atom is -0.268 e. The highest BCUT2D eigenvalue weighted by Crippen LogP contribution is 2.39. The van der Waals surface area contributed by atoms with Crippen LogP contribution < -0.4 is 0 Å². The van der Waals surface area contributed by atoms with Crippen molar-refractivity contribution < 1.29 is 13.2 Å². The minimum absolute atomic E-state index is 0.0402. The van der Waals surface area contributed by atoms with Gasteiger partial charge < -0.3 is 0 Å². The predicted molar refractivity (Wildman–Crippen MR) is 72.8 cm³/mol. The highest BCUT2D eigenvalue weighted by atomic mass is 35.5. The Kier molecular flexibility index (Phi) is 2.88. The normalized spacial score (nSPS) is 16.7. The third kappa shape index (κ3) is 1.96. The van der Waals surface area contributed by atoms with Crippen molar-refractivity contribution in [2.45, 2.75) is 10.8 Å². The molecule has 0 bridgehead atoms. The molecule has 0 saturated heterocycles. The molecule has 0 spiro atoms. The first kappa shape index (κ1) is 12.7. The molecule has 1 amide bonds. The molecule has 7 heteroatoms. The maximum Gasteiger partial charge on any atom is 0.277 e. The first-order valence-electron chi connectivity index (χ1n) is 5.40. The van der Waals surface area contributed by atoms with Gasteiger partial charge in [-0.3, -0.25) is 4.79 Å². The molecule has 4 nitrogen and oxygen atoms in total. The third-order valence-electron chi connectivity index (χ3n) is 2.82. The molecule has 0 unspecified atom stereocenters. The van der Waals surface area contributed by atoms with E-state index in [2.05, 4.69) is 0 Å². The molecule has 0 atom stereocenters. The van der Waals surface area contributed by atoms with E-state index in [-0.39, 0.29) is 16.3 Å². The van der Waals surface area contributed by atoms with E-state index < -0.39 is 15.9 Å². The minimum atomic E-state index is -3.76. The summed E-state index contributed by atoms with van der Waals surface area (Å²) in [6.45, 7) is 0.0427. The van der Waals surface area contributed by atoms with Crippen molar-refractivity contribution in [2.75, 3.05) is 0 Å². The van der Waals surface area contributed by atoms with Gasteiger partial charge in [0.05, 0.1) is 16.4 Å². The standard InChI is InChI=1S/C12H8ClNO3S2/c13-10-6-9-11(15)14(19(16,17)12(9)18-10)7-8-4-2-1-3-5-8/h1-6H,7H2. The van der Waals surface area contributed by atoms with Crippen LogP contribution in [0.4, 0.5) is 0 Å². The summed E-state index contributed by atoms with van der Waals surface area (Å²) >= 11 is 6.68. The van der Waals surface area contributed by atoms with E-state index in [0.717, 1.165) is 21.2 Å². The van der Waals surface area contributed by atoms with Crippen molar-refractivity contribution in [1.82, 2.24) is 4.31 Å². The van der Waals surface area contributed by atoms with Gasteiger partial charge in [0.15, 0.2) is 4.21 Å². The summed E-state index contributed by atoms with van der Waals surface area (Å²) in [6.07, 6.45) is 0. The number of thiophene rings is 1. The molecule has 1 aromatic heterocycles. The number of hydrogen-bond acceptors (Lipinski definition) is 4. The lowest BCUT2D eigenvalue weighted by molar-refractivity contribution is 0.0865. The quantitative estimate of drug-likeness (QED) is 0.856.